The average molecular weight is 211 g/mol. The Hall–Kier alpha value is -0.830. The van der Waals surface area contributed by atoms with Crippen LogP contribution < -0.4 is 0 Å². The molecule has 0 spiro atoms. The van der Waals surface area contributed by atoms with Crippen molar-refractivity contribution in [3.05, 3.63) is 34.6 Å². The van der Waals surface area contributed by atoms with Gasteiger partial charge in [-0.3, -0.25) is 0 Å². The molecule has 0 aliphatic rings. The second-order valence-corrected chi connectivity index (χ2v) is 3.38. The zero-order valence-electron chi connectivity index (χ0n) is 6.08. The molecule has 0 N–H and O–H groups in total. The van der Waals surface area contributed by atoms with Crippen LogP contribution in [-0.2, 0) is 0 Å². The third-order valence-electron chi connectivity index (χ3n) is 1.63. The van der Waals surface area contributed by atoms with Crippen LogP contribution in [0.15, 0.2) is 29.0 Å². The lowest BCUT2D eigenvalue weighted by Gasteiger charge is -1.94. The van der Waals surface area contributed by atoms with Gasteiger partial charge in [0.2, 0.25) is 0 Å². The molecule has 0 unspecified atom stereocenters. The number of hydrogen-bond acceptors (Lipinski definition) is 1. The first-order valence-electron chi connectivity index (χ1n) is 3.37. The number of fused-ring (bicyclic) bond motifs is 1. The molecule has 0 bridgehead atoms. The van der Waals surface area contributed by atoms with E-state index in [1.54, 1.807) is 6.20 Å². The first kappa shape index (κ1) is 6.85. The standard InChI is InChI=1S/C8H7BrN2/c1-6-2-3-11-8(4-6)7(9)5-10-11/h2-5H,1H3. The first-order valence-corrected chi connectivity index (χ1v) is 4.16. The van der Waals surface area contributed by atoms with E-state index in [1.165, 1.54) is 5.56 Å². The van der Waals surface area contributed by atoms with Gasteiger partial charge in [0.25, 0.3) is 0 Å². The Bertz CT molecular complexity index is 392. The highest BCUT2D eigenvalue weighted by molar-refractivity contribution is 9.10. The number of halogens is 1. The van der Waals surface area contributed by atoms with Gasteiger partial charge < -0.3 is 0 Å². The summed E-state index contributed by atoms with van der Waals surface area (Å²) in [6, 6.07) is 4.13. The molecule has 0 amide bonds. The van der Waals surface area contributed by atoms with Gasteiger partial charge in [0.15, 0.2) is 0 Å². The number of hydrogen-bond donors (Lipinski definition) is 0. The van der Waals surface area contributed by atoms with Crippen LogP contribution in [0.1, 0.15) is 5.56 Å². The summed E-state index contributed by atoms with van der Waals surface area (Å²) in [4.78, 5) is 0. The average Bonchev–Trinajstić information content (AvgIpc) is 2.33. The molecule has 2 rings (SSSR count). The summed E-state index contributed by atoms with van der Waals surface area (Å²) in [6.45, 7) is 2.07. The van der Waals surface area contributed by atoms with Crippen molar-refractivity contribution in [1.82, 2.24) is 9.61 Å². The third-order valence-corrected chi connectivity index (χ3v) is 2.24. The lowest BCUT2D eigenvalue weighted by atomic mass is 10.3. The minimum atomic E-state index is 1.04. The van der Waals surface area contributed by atoms with Gasteiger partial charge in [0, 0.05) is 6.20 Å². The van der Waals surface area contributed by atoms with Crippen molar-refractivity contribution in [2.45, 2.75) is 6.92 Å². The summed E-state index contributed by atoms with van der Waals surface area (Å²) in [5, 5.41) is 4.13. The third kappa shape index (κ3) is 1.05. The van der Waals surface area contributed by atoms with Crippen LogP contribution in [0.5, 0.6) is 0 Å². The van der Waals surface area contributed by atoms with Crippen LogP contribution >= 0.6 is 15.9 Å². The van der Waals surface area contributed by atoms with Gasteiger partial charge in [-0.05, 0) is 40.5 Å². The maximum Gasteiger partial charge on any atom is 0.0806 e. The minimum absolute atomic E-state index is 1.04. The Balaban J connectivity index is 2.87. The van der Waals surface area contributed by atoms with Crippen molar-refractivity contribution in [3.63, 3.8) is 0 Å². The van der Waals surface area contributed by atoms with E-state index < -0.39 is 0 Å². The molecule has 2 nitrogen and oxygen atoms in total. The molecule has 2 aromatic rings. The maximum absolute atomic E-state index is 4.13. The molecule has 3 heteroatoms. The van der Waals surface area contributed by atoms with Gasteiger partial charge in [0.1, 0.15) is 0 Å². The number of nitrogens with zero attached hydrogens (tertiary/aromatic N) is 2. The van der Waals surface area contributed by atoms with Gasteiger partial charge in [0.05, 0.1) is 16.2 Å². The molecule has 0 aliphatic heterocycles. The van der Waals surface area contributed by atoms with E-state index in [0.717, 1.165) is 9.99 Å². The predicted octanol–water partition coefficient (Wildman–Crippen LogP) is 2.41. The predicted molar refractivity (Wildman–Crippen MR) is 47.6 cm³/mol. The molecular formula is C8H7BrN2. The summed E-state index contributed by atoms with van der Waals surface area (Å²) in [7, 11) is 0. The molecule has 2 aromatic heterocycles. The number of aromatic nitrogens is 2. The minimum Gasteiger partial charge on any atom is -0.240 e. The van der Waals surface area contributed by atoms with E-state index in [1.807, 2.05) is 16.8 Å². The highest BCUT2D eigenvalue weighted by Crippen LogP contribution is 2.17. The monoisotopic (exact) mass is 210 g/mol. The van der Waals surface area contributed by atoms with Crippen LogP contribution in [0.2, 0.25) is 0 Å². The second kappa shape index (κ2) is 2.34. The lowest BCUT2D eigenvalue weighted by Crippen LogP contribution is -1.85. The summed E-state index contributed by atoms with van der Waals surface area (Å²) in [6.07, 6.45) is 3.75. The van der Waals surface area contributed by atoms with Gasteiger partial charge in [-0.15, -0.1) is 0 Å². The highest BCUT2D eigenvalue weighted by Gasteiger charge is 1.98. The fraction of sp³-hybridized carbons (Fsp3) is 0.125. The van der Waals surface area contributed by atoms with Crippen LogP contribution in [0, 0.1) is 6.92 Å². The summed E-state index contributed by atoms with van der Waals surface area (Å²) in [5.41, 5.74) is 2.36. The largest absolute Gasteiger partial charge is 0.240 e. The van der Waals surface area contributed by atoms with Crippen LogP contribution in [0.4, 0.5) is 0 Å². The smallest absolute Gasteiger partial charge is 0.0806 e. The molecule has 0 atom stereocenters. The zero-order chi connectivity index (χ0) is 7.84. The Labute approximate surface area is 73.0 Å². The van der Waals surface area contributed by atoms with Gasteiger partial charge >= 0.3 is 0 Å². The number of pyridine rings is 1. The van der Waals surface area contributed by atoms with Crippen LogP contribution in [0.25, 0.3) is 5.52 Å². The molecule has 56 valence electrons. The van der Waals surface area contributed by atoms with Gasteiger partial charge in [-0.2, -0.15) is 5.10 Å². The van der Waals surface area contributed by atoms with Gasteiger partial charge in [-0.1, -0.05) is 0 Å². The van der Waals surface area contributed by atoms with Crippen molar-refractivity contribution in [3.8, 4) is 0 Å². The molecule has 2 heterocycles. The van der Waals surface area contributed by atoms with Crippen molar-refractivity contribution < 1.29 is 0 Å². The van der Waals surface area contributed by atoms with E-state index in [4.69, 9.17) is 0 Å². The van der Waals surface area contributed by atoms with Crippen molar-refractivity contribution in [1.29, 1.82) is 0 Å². The Morgan fingerprint density at radius 3 is 3.18 bits per heavy atom. The van der Waals surface area contributed by atoms with E-state index >= 15 is 0 Å². The Morgan fingerprint density at radius 1 is 1.55 bits per heavy atom. The summed E-state index contributed by atoms with van der Waals surface area (Å²) >= 11 is 3.42. The topological polar surface area (TPSA) is 17.3 Å². The van der Waals surface area contributed by atoms with E-state index in [-0.39, 0.29) is 0 Å². The Morgan fingerprint density at radius 2 is 2.36 bits per heavy atom. The van der Waals surface area contributed by atoms with Crippen molar-refractivity contribution in [2.75, 3.05) is 0 Å². The fourth-order valence-corrected chi connectivity index (χ4v) is 1.44. The van der Waals surface area contributed by atoms with E-state index in [2.05, 4.69) is 34.0 Å². The summed E-state index contributed by atoms with van der Waals surface area (Å²) < 4.78 is 2.89. The van der Waals surface area contributed by atoms with Crippen molar-refractivity contribution >= 4 is 21.4 Å². The highest BCUT2D eigenvalue weighted by atomic mass is 79.9. The number of aryl methyl sites for hydroxylation is 1. The van der Waals surface area contributed by atoms with Crippen LogP contribution in [0.3, 0.4) is 0 Å². The molecule has 11 heavy (non-hydrogen) atoms. The second-order valence-electron chi connectivity index (χ2n) is 2.53. The molecule has 0 saturated carbocycles. The summed E-state index contributed by atoms with van der Waals surface area (Å²) in [5.74, 6) is 0. The number of rotatable bonds is 0. The SMILES string of the molecule is Cc1ccn2ncc(Br)c2c1. The normalized spacial score (nSPS) is 10.7. The molecule has 0 fully saturated rings. The van der Waals surface area contributed by atoms with Gasteiger partial charge in [-0.25, -0.2) is 4.52 Å². The molecule has 0 saturated heterocycles. The lowest BCUT2D eigenvalue weighted by molar-refractivity contribution is 0.958. The Kier molecular flexibility index (Phi) is 1.46. The van der Waals surface area contributed by atoms with E-state index in [0.29, 0.717) is 0 Å². The van der Waals surface area contributed by atoms with E-state index in [9.17, 15) is 0 Å². The zero-order valence-corrected chi connectivity index (χ0v) is 7.67. The molecule has 0 radical (unpaired) electrons. The molecule has 0 aliphatic carbocycles. The molecule has 0 aromatic carbocycles. The fourth-order valence-electron chi connectivity index (χ4n) is 1.06. The van der Waals surface area contributed by atoms with Crippen molar-refractivity contribution in [2.24, 2.45) is 0 Å². The first-order chi connectivity index (χ1) is 5.27. The quantitative estimate of drug-likeness (QED) is 0.653. The van der Waals surface area contributed by atoms with Crippen LogP contribution in [-0.4, -0.2) is 9.61 Å². The molecular weight excluding hydrogens is 204 g/mol. The maximum atomic E-state index is 4.13.